The molecule has 6 heteroatoms. The highest BCUT2D eigenvalue weighted by Crippen LogP contribution is 2.25. The van der Waals surface area contributed by atoms with Gasteiger partial charge in [-0.15, -0.1) is 0 Å². The molecule has 0 unspecified atom stereocenters. The van der Waals surface area contributed by atoms with Crippen LogP contribution in [0.3, 0.4) is 0 Å². The number of carbonyl (C=O) groups is 2. The smallest absolute Gasteiger partial charge is 0.254 e. The molecule has 0 aliphatic carbocycles. The van der Waals surface area contributed by atoms with E-state index in [2.05, 4.69) is 5.32 Å². The predicted molar refractivity (Wildman–Crippen MR) is 96.8 cm³/mol. The molecule has 26 heavy (non-hydrogen) atoms. The van der Waals surface area contributed by atoms with Crippen LogP contribution in [-0.2, 0) is 17.8 Å². The lowest BCUT2D eigenvalue weighted by molar-refractivity contribution is -0.116. The Hall–Kier alpha value is -2.89. The van der Waals surface area contributed by atoms with Crippen LogP contribution < -0.4 is 10.1 Å². The van der Waals surface area contributed by atoms with Gasteiger partial charge in [-0.1, -0.05) is 6.07 Å². The van der Waals surface area contributed by atoms with E-state index in [1.54, 1.807) is 29.2 Å². The first-order chi connectivity index (χ1) is 12.5. The Labute approximate surface area is 151 Å². The minimum Gasteiger partial charge on any atom is -0.494 e. The summed E-state index contributed by atoms with van der Waals surface area (Å²) < 4.78 is 18.8. The summed E-state index contributed by atoms with van der Waals surface area (Å²) in [5.74, 6) is -0.394. The lowest BCUT2D eigenvalue weighted by Gasteiger charge is -2.23. The van der Waals surface area contributed by atoms with Crippen molar-refractivity contribution in [3.63, 3.8) is 0 Å². The fourth-order valence-electron chi connectivity index (χ4n) is 3.05. The van der Waals surface area contributed by atoms with E-state index < -0.39 is 5.82 Å². The first-order valence-corrected chi connectivity index (χ1v) is 8.56. The van der Waals surface area contributed by atoms with Crippen LogP contribution in [0.1, 0.15) is 34.8 Å². The fourth-order valence-corrected chi connectivity index (χ4v) is 3.05. The van der Waals surface area contributed by atoms with Gasteiger partial charge < -0.3 is 15.0 Å². The standard InChI is InChI=1S/C20H21FN2O3/c1-3-23(12-13-4-8-18(26-2)16(21)10-13)20(25)15-5-7-17-14(11-15)6-9-19(24)22-17/h4-5,7-8,10-11H,3,6,9,12H2,1-2H3,(H,22,24). The summed E-state index contributed by atoms with van der Waals surface area (Å²) in [5, 5.41) is 2.81. The molecule has 1 heterocycles. The van der Waals surface area contributed by atoms with Gasteiger partial charge in [0.1, 0.15) is 0 Å². The summed E-state index contributed by atoms with van der Waals surface area (Å²) in [6, 6.07) is 10.0. The van der Waals surface area contributed by atoms with Gasteiger partial charge in [0.15, 0.2) is 11.6 Å². The second kappa shape index (κ2) is 7.56. The Bertz CT molecular complexity index is 851. The van der Waals surface area contributed by atoms with Gasteiger partial charge in [0.2, 0.25) is 5.91 Å². The van der Waals surface area contributed by atoms with E-state index in [1.165, 1.54) is 13.2 Å². The normalized spacial score (nSPS) is 13.0. The van der Waals surface area contributed by atoms with E-state index in [-0.39, 0.29) is 17.6 Å². The number of hydrogen-bond acceptors (Lipinski definition) is 3. The number of halogens is 1. The maximum absolute atomic E-state index is 13.9. The number of nitrogens with zero attached hydrogens (tertiary/aromatic N) is 1. The molecule has 136 valence electrons. The first-order valence-electron chi connectivity index (χ1n) is 8.56. The van der Waals surface area contributed by atoms with Gasteiger partial charge in [0, 0.05) is 30.8 Å². The third-order valence-electron chi connectivity index (χ3n) is 4.51. The van der Waals surface area contributed by atoms with Crippen molar-refractivity contribution in [3.8, 4) is 5.75 Å². The van der Waals surface area contributed by atoms with Crippen LogP contribution in [0.25, 0.3) is 0 Å². The van der Waals surface area contributed by atoms with Crippen LogP contribution >= 0.6 is 0 Å². The Morgan fingerprint density at radius 3 is 2.73 bits per heavy atom. The van der Waals surface area contributed by atoms with Crippen molar-refractivity contribution < 1.29 is 18.7 Å². The summed E-state index contributed by atoms with van der Waals surface area (Å²) >= 11 is 0. The molecule has 0 aromatic heterocycles. The summed E-state index contributed by atoms with van der Waals surface area (Å²) in [6.07, 6.45) is 1.05. The zero-order valence-electron chi connectivity index (χ0n) is 14.8. The lowest BCUT2D eigenvalue weighted by atomic mass is 10.00. The molecular formula is C20H21FN2O3. The van der Waals surface area contributed by atoms with Crippen LogP contribution in [-0.4, -0.2) is 30.4 Å². The highest BCUT2D eigenvalue weighted by molar-refractivity contribution is 5.97. The maximum Gasteiger partial charge on any atom is 0.254 e. The molecule has 0 spiro atoms. The van der Waals surface area contributed by atoms with Crippen molar-refractivity contribution in [3.05, 3.63) is 58.9 Å². The average Bonchev–Trinajstić information content (AvgIpc) is 2.65. The van der Waals surface area contributed by atoms with Crippen LogP contribution in [0.15, 0.2) is 36.4 Å². The fraction of sp³-hybridized carbons (Fsp3) is 0.300. The van der Waals surface area contributed by atoms with E-state index >= 15 is 0 Å². The third kappa shape index (κ3) is 3.69. The van der Waals surface area contributed by atoms with Crippen molar-refractivity contribution in [2.75, 3.05) is 19.0 Å². The van der Waals surface area contributed by atoms with Crippen molar-refractivity contribution >= 4 is 17.5 Å². The Morgan fingerprint density at radius 2 is 2.04 bits per heavy atom. The molecule has 0 atom stereocenters. The molecule has 1 aliphatic heterocycles. The first kappa shape index (κ1) is 17.9. The predicted octanol–water partition coefficient (Wildman–Crippen LogP) is 3.38. The van der Waals surface area contributed by atoms with Crippen molar-refractivity contribution in [2.45, 2.75) is 26.3 Å². The molecule has 0 radical (unpaired) electrons. The van der Waals surface area contributed by atoms with Crippen LogP contribution in [0, 0.1) is 5.82 Å². The van der Waals surface area contributed by atoms with Gasteiger partial charge >= 0.3 is 0 Å². The minimum absolute atomic E-state index is 0.00621. The molecule has 1 N–H and O–H groups in total. The number of hydrogen-bond donors (Lipinski definition) is 1. The summed E-state index contributed by atoms with van der Waals surface area (Å²) in [5.41, 5.74) is 2.99. The Morgan fingerprint density at radius 1 is 1.23 bits per heavy atom. The van der Waals surface area contributed by atoms with Gasteiger partial charge in [-0.05, 0) is 54.8 Å². The second-order valence-corrected chi connectivity index (χ2v) is 6.21. The van der Waals surface area contributed by atoms with E-state index in [0.29, 0.717) is 37.1 Å². The SMILES string of the molecule is CCN(Cc1ccc(OC)c(F)c1)C(=O)c1ccc2c(c1)CCC(=O)N2. The second-order valence-electron chi connectivity index (χ2n) is 6.21. The van der Waals surface area contributed by atoms with E-state index in [0.717, 1.165) is 11.3 Å². The largest absolute Gasteiger partial charge is 0.494 e. The number of benzene rings is 2. The van der Waals surface area contributed by atoms with Gasteiger partial charge in [0.25, 0.3) is 5.91 Å². The number of fused-ring (bicyclic) bond motifs is 1. The monoisotopic (exact) mass is 356 g/mol. The molecule has 1 aliphatic rings. The molecule has 5 nitrogen and oxygen atoms in total. The van der Waals surface area contributed by atoms with Crippen LogP contribution in [0.2, 0.25) is 0 Å². The molecule has 0 saturated carbocycles. The molecule has 0 bridgehead atoms. The Kier molecular flexibility index (Phi) is 5.21. The van der Waals surface area contributed by atoms with E-state index in [4.69, 9.17) is 4.74 Å². The van der Waals surface area contributed by atoms with E-state index in [1.807, 2.05) is 13.0 Å². The van der Waals surface area contributed by atoms with Crippen LogP contribution in [0.4, 0.5) is 10.1 Å². The zero-order valence-corrected chi connectivity index (χ0v) is 14.8. The van der Waals surface area contributed by atoms with Gasteiger partial charge in [0.05, 0.1) is 7.11 Å². The Balaban J connectivity index is 1.79. The molecular weight excluding hydrogens is 335 g/mol. The minimum atomic E-state index is -0.446. The molecule has 0 fully saturated rings. The third-order valence-corrected chi connectivity index (χ3v) is 4.51. The number of anilines is 1. The molecule has 2 aromatic rings. The van der Waals surface area contributed by atoms with Crippen molar-refractivity contribution in [1.82, 2.24) is 4.90 Å². The van der Waals surface area contributed by atoms with Crippen molar-refractivity contribution in [2.24, 2.45) is 0 Å². The van der Waals surface area contributed by atoms with Gasteiger partial charge in [-0.3, -0.25) is 9.59 Å². The number of methoxy groups -OCH3 is 1. The number of aryl methyl sites for hydroxylation is 1. The topological polar surface area (TPSA) is 58.6 Å². The van der Waals surface area contributed by atoms with Crippen molar-refractivity contribution in [1.29, 1.82) is 0 Å². The van der Waals surface area contributed by atoms with Crippen LogP contribution in [0.5, 0.6) is 5.75 Å². The summed E-state index contributed by atoms with van der Waals surface area (Å²) in [6.45, 7) is 2.70. The van der Waals surface area contributed by atoms with E-state index in [9.17, 15) is 14.0 Å². The summed E-state index contributed by atoms with van der Waals surface area (Å²) in [7, 11) is 1.42. The number of carbonyl (C=O) groups excluding carboxylic acids is 2. The lowest BCUT2D eigenvalue weighted by Crippen LogP contribution is -2.30. The number of amides is 2. The summed E-state index contributed by atoms with van der Waals surface area (Å²) in [4.78, 5) is 26.0. The molecule has 0 saturated heterocycles. The van der Waals surface area contributed by atoms with Gasteiger partial charge in [-0.25, -0.2) is 4.39 Å². The quantitative estimate of drug-likeness (QED) is 0.893. The highest BCUT2D eigenvalue weighted by atomic mass is 19.1. The average molecular weight is 356 g/mol. The number of rotatable bonds is 5. The molecule has 2 amide bonds. The number of ether oxygens (including phenoxy) is 1. The number of nitrogens with one attached hydrogen (secondary N) is 1. The van der Waals surface area contributed by atoms with Gasteiger partial charge in [-0.2, -0.15) is 0 Å². The zero-order chi connectivity index (χ0) is 18.7. The molecule has 2 aromatic carbocycles. The maximum atomic E-state index is 13.9. The molecule has 3 rings (SSSR count). The highest BCUT2D eigenvalue weighted by Gasteiger charge is 2.20.